The molecule has 2 heterocycles. The van der Waals surface area contributed by atoms with Crippen LogP contribution < -0.4 is 5.32 Å². The zero-order valence-corrected chi connectivity index (χ0v) is 12.6. The van der Waals surface area contributed by atoms with E-state index in [1.807, 2.05) is 31.6 Å². The van der Waals surface area contributed by atoms with E-state index in [9.17, 15) is 0 Å². The summed E-state index contributed by atoms with van der Waals surface area (Å²) in [6.07, 6.45) is 6.62. The van der Waals surface area contributed by atoms with Crippen LogP contribution in [0.3, 0.4) is 0 Å². The highest BCUT2D eigenvalue weighted by atomic mass is 35.5. The summed E-state index contributed by atoms with van der Waals surface area (Å²) < 4.78 is 1.79. The summed E-state index contributed by atoms with van der Waals surface area (Å²) in [7, 11) is 1.91. The Hall–Kier alpha value is -1.81. The van der Waals surface area contributed by atoms with Crippen molar-refractivity contribution in [2.75, 3.05) is 5.32 Å². The highest BCUT2D eigenvalue weighted by molar-refractivity contribution is 6.50. The Labute approximate surface area is 123 Å². The first kappa shape index (κ1) is 13.2. The van der Waals surface area contributed by atoms with Gasteiger partial charge in [0.15, 0.2) is 0 Å². The van der Waals surface area contributed by atoms with Gasteiger partial charge in [0.1, 0.15) is 0 Å². The zero-order chi connectivity index (χ0) is 14.3. The van der Waals surface area contributed by atoms with Crippen molar-refractivity contribution in [3.8, 4) is 11.3 Å². The van der Waals surface area contributed by atoms with Crippen LogP contribution in [0, 0.1) is 0 Å². The summed E-state index contributed by atoms with van der Waals surface area (Å²) in [5.74, 6) is 0. The number of rotatable bonds is 3. The van der Waals surface area contributed by atoms with Crippen LogP contribution in [0.1, 0.15) is 25.1 Å². The molecule has 2 aromatic rings. The summed E-state index contributed by atoms with van der Waals surface area (Å²) >= 11 is 6.35. The lowest BCUT2D eigenvalue weighted by atomic mass is 10.1. The van der Waals surface area contributed by atoms with Crippen molar-refractivity contribution in [2.45, 2.75) is 26.3 Å². The van der Waals surface area contributed by atoms with Gasteiger partial charge >= 0.3 is 0 Å². The number of fused-ring (bicyclic) bond motifs is 1. The molecule has 0 atom stereocenters. The molecule has 0 saturated heterocycles. The van der Waals surface area contributed by atoms with Crippen molar-refractivity contribution in [3.05, 3.63) is 35.8 Å². The third kappa shape index (κ3) is 2.20. The van der Waals surface area contributed by atoms with Crippen LogP contribution in [0.25, 0.3) is 16.3 Å². The maximum absolute atomic E-state index is 6.35. The van der Waals surface area contributed by atoms with E-state index >= 15 is 0 Å². The quantitative estimate of drug-likeness (QED) is 0.941. The lowest BCUT2D eigenvalue weighted by molar-refractivity contribution is 0.770. The van der Waals surface area contributed by atoms with Crippen molar-refractivity contribution in [1.29, 1.82) is 0 Å². The molecule has 1 aliphatic carbocycles. The fourth-order valence-electron chi connectivity index (χ4n) is 2.44. The van der Waals surface area contributed by atoms with E-state index < -0.39 is 0 Å². The molecular formula is C15H17ClN4. The zero-order valence-electron chi connectivity index (χ0n) is 11.8. The van der Waals surface area contributed by atoms with Gasteiger partial charge in [-0.15, -0.1) is 0 Å². The molecule has 0 bridgehead atoms. The van der Waals surface area contributed by atoms with E-state index in [2.05, 4.69) is 29.2 Å². The van der Waals surface area contributed by atoms with Crippen LogP contribution in [0.4, 0.5) is 5.69 Å². The van der Waals surface area contributed by atoms with Crippen LogP contribution >= 0.6 is 11.6 Å². The van der Waals surface area contributed by atoms with Gasteiger partial charge in [-0.2, -0.15) is 5.10 Å². The Morgan fingerprint density at radius 3 is 2.85 bits per heavy atom. The Kier molecular flexibility index (Phi) is 3.26. The first-order valence-corrected chi connectivity index (χ1v) is 7.08. The molecule has 2 aromatic heterocycles. The van der Waals surface area contributed by atoms with Crippen LogP contribution in [0.5, 0.6) is 0 Å². The number of aromatic nitrogens is 3. The fraction of sp³-hybridized carbons (Fsp3) is 0.333. The minimum absolute atomic E-state index is 0.314. The maximum Gasteiger partial charge on any atom is 0.0959 e. The highest BCUT2D eigenvalue weighted by Gasteiger charge is 2.22. The van der Waals surface area contributed by atoms with Gasteiger partial charge in [-0.05, 0) is 19.9 Å². The Morgan fingerprint density at radius 2 is 2.20 bits per heavy atom. The average molecular weight is 289 g/mol. The summed E-state index contributed by atoms with van der Waals surface area (Å²) in [5.41, 5.74) is 4.97. The van der Waals surface area contributed by atoms with Crippen molar-refractivity contribution < 1.29 is 0 Å². The number of nitrogens with zero attached hydrogens (tertiary/aromatic N) is 3. The number of hydrogen-bond acceptors (Lipinski definition) is 3. The van der Waals surface area contributed by atoms with Gasteiger partial charge in [0.05, 0.1) is 17.1 Å². The molecule has 0 unspecified atom stereocenters. The molecule has 20 heavy (non-hydrogen) atoms. The SMILES string of the molecule is CC(C)Nc1c(-c2ccn(C)n2)cnc2c1C(Cl)=CC2. The number of pyridine rings is 1. The van der Waals surface area contributed by atoms with Gasteiger partial charge in [-0.25, -0.2) is 0 Å². The van der Waals surface area contributed by atoms with E-state index in [0.717, 1.165) is 39.7 Å². The van der Waals surface area contributed by atoms with Crippen molar-refractivity contribution in [1.82, 2.24) is 14.8 Å². The number of halogens is 1. The van der Waals surface area contributed by atoms with Gasteiger partial charge in [0, 0.05) is 48.1 Å². The number of allylic oxidation sites excluding steroid dienone is 1. The molecule has 5 heteroatoms. The molecule has 0 aliphatic heterocycles. The second kappa shape index (κ2) is 4.94. The summed E-state index contributed by atoms with van der Waals surface area (Å²) in [4.78, 5) is 4.54. The molecule has 104 valence electrons. The number of nitrogens with one attached hydrogen (secondary N) is 1. The number of aryl methyl sites for hydroxylation is 1. The summed E-state index contributed by atoms with van der Waals surface area (Å²) in [6.45, 7) is 4.23. The third-order valence-corrected chi connectivity index (χ3v) is 3.64. The highest BCUT2D eigenvalue weighted by Crippen LogP contribution is 2.40. The molecule has 0 aromatic carbocycles. The van der Waals surface area contributed by atoms with Gasteiger partial charge < -0.3 is 5.32 Å². The van der Waals surface area contributed by atoms with E-state index in [1.54, 1.807) is 4.68 Å². The van der Waals surface area contributed by atoms with E-state index in [1.165, 1.54) is 0 Å². The standard InChI is InChI=1S/C15H17ClN4/c1-9(2)18-15-10(12-6-7-20(3)19-12)8-17-13-5-4-11(16)14(13)15/h4,6-9H,5H2,1-3H3,(H,17,18). The summed E-state index contributed by atoms with van der Waals surface area (Å²) in [5, 5.41) is 8.74. The Morgan fingerprint density at radius 1 is 1.40 bits per heavy atom. The molecule has 3 rings (SSSR count). The number of anilines is 1. The monoisotopic (exact) mass is 288 g/mol. The van der Waals surface area contributed by atoms with Gasteiger partial charge in [0.25, 0.3) is 0 Å². The average Bonchev–Trinajstić information content (AvgIpc) is 2.96. The Balaban J connectivity index is 2.19. The van der Waals surface area contributed by atoms with Crippen molar-refractivity contribution in [3.63, 3.8) is 0 Å². The topological polar surface area (TPSA) is 42.7 Å². The first-order valence-electron chi connectivity index (χ1n) is 6.70. The minimum Gasteiger partial charge on any atom is -0.382 e. The molecule has 4 nitrogen and oxygen atoms in total. The number of hydrogen-bond donors (Lipinski definition) is 1. The van der Waals surface area contributed by atoms with Crippen molar-refractivity contribution in [2.24, 2.45) is 7.05 Å². The fourth-order valence-corrected chi connectivity index (χ4v) is 2.72. The normalized spacial score (nSPS) is 13.6. The minimum atomic E-state index is 0.314. The molecule has 0 fully saturated rings. The van der Waals surface area contributed by atoms with Crippen LogP contribution in [0.2, 0.25) is 0 Å². The lowest BCUT2D eigenvalue weighted by Gasteiger charge is -2.18. The lowest BCUT2D eigenvalue weighted by Crippen LogP contribution is -2.13. The maximum atomic E-state index is 6.35. The predicted molar refractivity (Wildman–Crippen MR) is 82.7 cm³/mol. The van der Waals surface area contributed by atoms with Crippen LogP contribution in [0.15, 0.2) is 24.5 Å². The smallest absolute Gasteiger partial charge is 0.0959 e. The van der Waals surface area contributed by atoms with Crippen LogP contribution in [-0.4, -0.2) is 20.8 Å². The molecule has 0 spiro atoms. The second-order valence-corrected chi connectivity index (χ2v) is 5.71. The molecule has 1 aliphatic rings. The Bertz CT molecular complexity index is 685. The van der Waals surface area contributed by atoms with Crippen LogP contribution in [-0.2, 0) is 13.5 Å². The molecule has 0 radical (unpaired) electrons. The predicted octanol–water partition coefficient (Wildman–Crippen LogP) is 3.44. The third-order valence-electron chi connectivity index (χ3n) is 3.29. The molecule has 0 amide bonds. The molecule has 0 saturated carbocycles. The molecule has 1 N–H and O–H groups in total. The van der Waals surface area contributed by atoms with Gasteiger partial charge in [-0.1, -0.05) is 17.7 Å². The van der Waals surface area contributed by atoms with E-state index in [-0.39, 0.29) is 0 Å². The first-order chi connectivity index (χ1) is 9.56. The molecular weight excluding hydrogens is 272 g/mol. The van der Waals surface area contributed by atoms with E-state index in [0.29, 0.717) is 6.04 Å². The largest absolute Gasteiger partial charge is 0.382 e. The van der Waals surface area contributed by atoms with Gasteiger partial charge in [0.2, 0.25) is 0 Å². The van der Waals surface area contributed by atoms with E-state index in [4.69, 9.17) is 11.6 Å². The second-order valence-electron chi connectivity index (χ2n) is 5.30. The summed E-state index contributed by atoms with van der Waals surface area (Å²) in [6, 6.07) is 2.30. The van der Waals surface area contributed by atoms with Gasteiger partial charge in [-0.3, -0.25) is 9.67 Å². The van der Waals surface area contributed by atoms with Crippen molar-refractivity contribution >= 4 is 22.3 Å².